The molecule has 0 aromatic heterocycles. The van der Waals surface area contributed by atoms with Gasteiger partial charge in [0.2, 0.25) is 0 Å². The summed E-state index contributed by atoms with van der Waals surface area (Å²) in [5.41, 5.74) is 6.75. The van der Waals surface area contributed by atoms with Gasteiger partial charge in [0.15, 0.2) is 0 Å². The molecule has 0 saturated carbocycles. The van der Waals surface area contributed by atoms with E-state index in [1.54, 1.807) is 24.3 Å². The van der Waals surface area contributed by atoms with Gasteiger partial charge in [-0.25, -0.2) is 4.39 Å². The summed E-state index contributed by atoms with van der Waals surface area (Å²) in [6, 6.07) is 13.1. The number of nitrogens with zero attached hydrogens (tertiary/aromatic N) is 1. The normalized spacial score (nSPS) is 11.7. The lowest BCUT2D eigenvalue weighted by Gasteiger charge is -2.09. The smallest absolute Gasteiger partial charge is 0.144 e. The van der Waals surface area contributed by atoms with Crippen LogP contribution < -0.4 is 10.5 Å². The van der Waals surface area contributed by atoms with Crippen LogP contribution in [0.15, 0.2) is 42.5 Å². The van der Waals surface area contributed by atoms with Crippen molar-refractivity contribution >= 4 is 0 Å². The highest BCUT2D eigenvalue weighted by Crippen LogP contribution is 2.24. The van der Waals surface area contributed by atoms with Crippen LogP contribution in [0.5, 0.6) is 11.5 Å². The van der Waals surface area contributed by atoms with Crippen molar-refractivity contribution in [3.8, 4) is 17.6 Å². The minimum absolute atomic E-state index is 0.000320. The van der Waals surface area contributed by atoms with Crippen LogP contribution in [0.4, 0.5) is 4.39 Å². The van der Waals surface area contributed by atoms with Crippen molar-refractivity contribution in [1.82, 2.24) is 0 Å². The molecular weight excluding hydrogens is 243 g/mol. The molecule has 19 heavy (non-hydrogen) atoms. The summed E-state index contributed by atoms with van der Waals surface area (Å²) in [5.74, 6) is 0.353. The standard InChI is InChI=1S/C15H13FN2O/c1-10(18)11-2-5-13(6-3-11)19-14-7-4-12(9-17)15(16)8-14/h2-8,10H,18H2,1H3/t10-/m0/s1. The largest absolute Gasteiger partial charge is 0.457 e. The van der Waals surface area contributed by atoms with E-state index < -0.39 is 5.82 Å². The van der Waals surface area contributed by atoms with Crippen LogP contribution in [0.25, 0.3) is 0 Å². The second-order valence-electron chi connectivity index (χ2n) is 4.21. The van der Waals surface area contributed by atoms with E-state index in [1.165, 1.54) is 12.1 Å². The monoisotopic (exact) mass is 256 g/mol. The van der Waals surface area contributed by atoms with Gasteiger partial charge in [0.25, 0.3) is 0 Å². The van der Waals surface area contributed by atoms with Gasteiger partial charge in [-0.2, -0.15) is 5.26 Å². The molecule has 3 nitrogen and oxygen atoms in total. The molecular formula is C15H13FN2O. The summed E-state index contributed by atoms with van der Waals surface area (Å²) >= 11 is 0. The third-order valence-corrected chi connectivity index (χ3v) is 2.70. The minimum Gasteiger partial charge on any atom is -0.457 e. The molecule has 0 bridgehead atoms. The predicted octanol–water partition coefficient (Wildman–Crippen LogP) is 3.51. The Morgan fingerprint density at radius 3 is 2.32 bits per heavy atom. The second kappa shape index (κ2) is 5.51. The van der Waals surface area contributed by atoms with E-state index >= 15 is 0 Å². The number of hydrogen-bond donors (Lipinski definition) is 1. The van der Waals surface area contributed by atoms with Gasteiger partial charge in [-0.1, -0.05) is 12.1 Å². The Hall–Kier alpha value is -2.38. The molecule has 0 heterocycles. The Labute approximate surface area is 111 Å². The Kier molecular flexibility index (Phi) is 3.79. The Balaban J connectivity index is 2.17. The van der Waals surface area contributed by atoms with Gasteiger partial charge in [0.05, 0.1) is 5.56 Å². The van der Waals surface area contributed by atoms with E-state index in [-0.39, 0.29) is 11.6 Å². The lowest BCUT2D eigenvalue weighted by molar-refractivity contribution is 0.476. The number of nitriles is 1. The molecule has 0 unspecified atom stereocenters. The topological polar surface area (TPSA) is 59.0 Å². The zero-order valence-corrected chi connectivity index (χ0v) is 10.4. The third kappa shape index (κ3) is 3.09. The van der Waals surface area contributed by atoms with E-state index in [9.17, 15) is 4.39 Å². The van der Waals surface area contributed by atoms with Crippen LogP contribution in [0.3, 0.4) is 0 Å². The fourth-order valence-corrected chi connectivity index (χ4v) is 1.63. The van der Waals surface area contributed by atoms with Crippen molar-refractivity contribution in [2.45, 2.75) is 13.0 Å². The lowest BCUT2D eigenvalue weighted by Crippen LogP contribution is -2.04. The first kappa shape index (κ1) is 13.1. The molecule has 0 aliphatic carbocycles. The van der Waals surface area contributed by atoms with Crippen LogP contribution in [0, 0.1) is 17.1 Å². The van der Waals surface area contributed by atoms with Gasteiger partial charge in [-0.15, -0.1) is 0 Å². The summed E-state index contributed by atoms with van der Waals surface area (Å²) in [6.45, 7) is 1.89. The van der Waals surface area contributed by atoms with Gasteiger partial charge < -0.3 is 10.5 Å². The van der Waals surface area contributed by atoms with Crippen LogP contribution >= 0.6 is 0 Å². The maximum Gasteiger partial charge on any atom is 0.144 e. The summed E-state index contributed by atoms with van der Waals surface area (Å²) < 4.78 is 18.9. The molecule has 1 atom stereocenters. The van der Waals surface area contributed by atoms with Crippen LogP contribution in [0.2, 0.25) is 0 Å². The minimum atomic E-state index is -0.591. The average Bonchev–Trinajstić information content (AvgIpc) is 2.39. The zero-order valence-electron chi connectivity index (χ0n) is 10.4. The summed E-state index contributed by atoms with van der Waals surface area (Å²) in [5, 5.41) is 8.64. The highest BCUT2D eigenvalue weighted by atomic mass is 19.1. The predicted molar refractivity (Wildman–Crippen MR) is 70.2 cm³/mol. The van der Waals surface area contributed by atoms with Gasteiger partial charge in [0.1, 0.15) is 23.4 Å². The highest BCUT2D eigenvalue weighted by Gasteiger charge is 2.05. The van der Waals surface area contributed by atoms with Crippen molar-refractivity contribution in [2.75, 3.05) is 0 Å². The number of nitrogens with two attached hydrogens (primary N) is 1. The molecule has 0 aliphatic heterocycles. The number of rotatable bonds is 3. The molecule has 2 aromatic rings. The summed E-state index contributed by atoms with van der Waals surface area (Å²) in [6.07, 6.45) is 0. The van der Waals surface area contributed by atoms with Gasteiger partial charge in [-0.3, -0.25) is 0 Å². The van der Waals surface area contributed by atoms with E-state index in [0.717, 1.165) is 5.56 Å². The van der Waals surface area contributed by atoms with E-state index in [2.05, 4.69) is 0 Å². The Bertz CT molecular complexity index is 615. The fraction of sp³-hybridized carbons (Fsp3) is 0.133. The summed E-state index contributed by atoms with van der Waals surface area (Å²) in [4.78, 5) is 0. The van der Waals surface area contributed by atoms with E-state index in [1.807, 2.05) is 19.1 Å². The molecule has 0 amide bonds. The zero-order chi connectivity index (χ0) is 13.8. The first-order valence-corrected chi connectivity index (χ1v) is 5.83. The fourth-order valence-electron chi connectivity index (χ4n) is 1.63. The molecule has 4 heteroatoms. The van der Waals surface area contributed by atoms with Gasteiger partial charge in [-0.05, 0) is 36.8 Å². The SMILES string of the molecule is C[C@H](N)c1ccc(Oc2ccc(C#N)c(F)c2)cc1. The van der Waals surface area contributed by atoms with Gasteiger partial charge in [0, 0.05) is 12.1 Å². The molecule has 0 fully saturated rings. The third-order valence-electron chi connectivity index (χ3n) is 2.70. The van der Waals surface area contributed by atoms with Crippen molar-refractivity contribution in [3.05, 3.63) is 59.4 Å². The molecule has 0 radical (unpaired) electrons. The van der Waals surface area contributed by atoms with Crippen molar-refractivity contribution in [3.63, 3.8) is 0 Å². The van der Waals surface area contributed by atoms with Crippen molar-refractivity contribution in [1.29, 1.82) is 5.26 Å². The maximum atomic E-state index is 13.4. The van der Waals surface area contributed by atoms with Crippen LogP contribution in [-0.2, 0) is 0 Å². The quantitative estimate of drug-likeness (QED) is 0.914. The maximum absolute atomic E-state index is 13.4. The number of benzene rings is 2. The van der Waals surface area contributed by atoms with Crippen LogP contribution in [0.1, 0.15) is 24.1 Å². The second-order valence-corrected chi connectivity index (χ2v) is 4.21. The van der Waals surface area contributed by atoms with Gasteiger partial charge >= 0.3 is 0 Å². The number of hydrogen-bond acceptors (Lipinski definition) is 3. The molecule has 0 spiro atoms. The van der Waals surface area contributed by atoms with E-state index in [0.29, 0.717) is 11.5 Å². The number of halogens is 1. The number of ether oxygens (including phenoxy) is 1. The van der Waals surface area contributed by atoms with Crippen molar-refractivity contribution in [2.24, 2.45) is 5.73 Å². The molecule has 0 aliphatic rings. The van der Waals surface area contributed by atoms with E-state index in [4.69, 9.17) is 15.7 Å². The molecule has 2 aromatic carbocycles. The molecule has 2 N–H and O–H groups in total. The lowest BCUT2D eigenvalue weighted by atomic mass is 10.1. The molecule has 2 rings (SSSR count). The molecule has 96 valence electrons. The van der Waals surface area contributed by atoms with Crippen molar-refractivity contribution < 1.29 is 9.13 Å². The first-order chi connectivity index (χ1) is 9.10. The highest BCUT2D eigenvalue weighted by molar-refractivity contribution is 5.39. The Morgan fingerprint density at radius 1 is 1.16 bits per heavy atom. The average molecular weight is 256 g/mol. The first-order valence-electron chi connectivity index (χ1n) is 5.83. The van der Waals surface area contributed by atoms with Crippen LogP contribution in [-0.4, -0.2) is 0 Å². The summed E-state index contributed by atoms with van der Waals surface area (Å²) in [7, 11) is 0. The Morgan fingerprint density at radius 2 is 1.79 bits per heavy atom. The molecule has 0 saturated heterocycles.